The number of rotatable bonds is 31. The number of hydrogen-bond acceptors (Lipinski definition) is 12. The van der Waals surface area contributed by atoms with E-state index < -0.39 is 92.6 Å². The lowest BCUT2D eigenvalue weighted by Gasteiger charge is -2.39. The summed E-state index contributed by atoms with van der Waals surface area (Å²) in [5.41, 5.74) is 11.8. The first-order chi connectivity index (χ1) is 38.4. The molecule has 5 atom stereocenters. The maximum absolute atomic E-state index is 14.2. The van der Waals surface area contributed by atoms with E-state index >= 15 is 0 Å². The fourth-order valence-corrected chi connectivity index (χ4v) is 13.3. The fourth-order valence-electron chi connectivity index (χ4n) is 8.80. The number of nitrogens with one attached hydrogen (secondary N) is 5. The van der Waals surface area contributed by atoms with Crippen LogP contribution in [0.2, 0.25) is 5.04 Å². The maximum atomic E-state index is 14.2. The zero-order valence-electron chi connectivity index (χ0n) is 45.2. The van der Waals surface area contributed by atoms with Crippen LogP contribution < -0.4 is 42.7 Å². The number of benzene rings is 5. The van der Waals surface area contributed by atoms with Gasteiger partial charge < -0.3 is 61.8 Å². The zero-order chi connectivity index (χ0) is 57.9. The van der Waals surface area contributed by atoms with Gasteiger partial charge in [0.2, 0.25) is 37.6 Å². The molecule has 0 radical (unpaired) electrons. The molecule has 1 unspecified atom stereocenters. The average molecular weight is 1110 g/mol. The fraction of sp³-hybridized carbons (Fsp3) is 0.350. The molecule has 0 spiro atoms. The molecule has 0 aliphatic carbocycles. The Labute approximate surface area is 467 Å². The first kappa shape index (κ1) is 62.6. The molecule has 0 aromatic heterocycles. The number of phenolic OH excluding ortho intramolecular Hbond substituents is 1. The molecule has 0 aliphatic heterocycles. The highest BCUT2D eigenvalue weighted by atomic mass is 28.3. The third kappa shape index (κ3) is 20.2. The van der Waals surface area contributed by atoms with Gasteiger partial charge in [-0.1, -0.05) is 160 Å². The summed E-state index contributed by atoms with van der Waals surface area (Å²) in [6.07, 6.45) is -2.02. The van der Waals surface area contributed by atoms with Crippen molar-refractivity contribution in [3.63, 3.8) is 0 Å². The monoisotopic (exact) mass is 1110 g/mol. The number of ether oxygens (including phenoxy) is 3. The smallest absolute Gasteiger partial charge is 0.305 e. The van der Waals surface area contributed by atoms with Gasteiger partial charge in [0.25, 0.3) is 0 Å². The van der Waals surface area contributed by atoms with Gasteiger partial charge in [-0.3, -0.25) is 33.6 Å². The third-order valence-electron chi connectivity index (χ3n) is 12.9. The van der Waals surface area contributed by atoms with Gasteiger partial charge in [-0.2, -0.15) is 0 Å². The molecular formula is C60H72N6O13Si. The predicted octanol–water partition coefficient (Wildman–Crippen LogP) is 2.41. The molecule has 80 heavy (non-hydrogen) atoms. The SMILES string of the molecule is CC(C)(C)[Si](C#CCOCCOCCOCCNC(=O)[C@H](CC(=O)O)NC(=O)[C@H](CC(=O)O)NC(=O)[C@H](Cc1ccccc1)NC(=O)C(Cc1ccc(O)cc1)NC(=O)[C@@H](N)Cc1ccccc1)(c1ccccc1)c1ccccc1. The van der Waals surface area contributed by atoms with Crippen LogP contribution in [-0.4, -0.2) is 141 Å². The van der Waals surface area contributed by atoms with Gasteiger partial charge in [-0.25, -0.2) is 0 Å². The number of aliphatic carboxylic acids is 2. The molecule has 0 saturated heterocycles. The molecule has 0 saturated carbocycles. The van der Waals surface area contributed by atoms with Crippen LogP contribution in [0.5, 0.6) is 5.75 Å². The molecule has 20 heteroatoms. The van der Waals surface area contributed by atoms with Crippen molar-refractivity contribution in [3.05, 3.63) is 162 Å². The Bertz CT molecular complexity index is 2810. The van der Waals surface area contributed by atoms with Crippen LogP contribution >= 0.6 is 0 Å². The van der Waals surface area contributed by atoms with Crippen LogP contribution in [0.4, 0.5) is 0 Å². The van der Waals surface area contributed by atoms with Crippen molar-refractivity contribution in [3.8, 4) is 17.2 Å². The first-order valence-electron chi connectivity index (χ1n) is 26.2. The largest absolute Gasteiger partial charge is 0.508 e. The Morgan fingerprint density at radius 1 is 0.500 bits per heavy atom. The molecular weight excluding hydrogens is 1040 g/mol. The standard InChI is InChI=1S/C60H72N6O13Si/c1-60(2,3)80(46-21-12-6-13-22-46,47-23-14-7-15-24-47)36-16-30-77-32-34-79-35-33-78-31-29-62-56(73)51(40-53(68)69)65-59(76)52(41-54(70)71)66-58(75)50(38-43-19-10-5-11-20-43)64-57(74)49(39-44-25-27-45(67)28-26-44)63-55(72)48(61)37-42-17-8-4-9-18-42/h4-15,17-28,48-52,67H,29-35,37-41,61H2,1-3H3,(H,62,73)(H,63,72)(H,64,74)(H,65,76)(H,66,75)(H,68,69)(H,70,71)/t48-,49?,50-,51-,52-/m0/s1. The van der Waals surface area contributed by atoms with Gasteiger partial charge in [-0.15, -0.1) is 5.54 Å². The molecule has 0 bridgehead atoms. The van der Waals surface area contributed by atoms with Crippen molar-refractivity contribution in [1.29, 1.82) is 0 Å². The minimum absolute atomic E-state index is 0.0106. The molecule has 10 N–H and O–H groups in total. The highest BCUT2D eigenvalue weighted by Crippen LogP contribution is 2.35. The van der Waals surface area contributed by atoms with Gasteiger partial charge in [0.05, 0.1) is 51.9 Å². The highest BCUT2D eigenvalue weighted by molar-refractivity contribution is 7.10. The minimum atomic E-state index is -2.55. The van der Waals surface area contributed by atoms with Crippen LogP contribution in [0.3, 0.4) is 0 Å². The molecule has 0 heterocycles. The number of phenols is 1. The average Bonchev–Trinajstić information content (AvgIpc) is 3.50. The Morgan fingerprint density at radius 2 is 0.887 bits per heavy atom. The number of carboxylic acids is 2. The predicted molar refractivity (Wildman–Crippen MR) is 303 cm³/mol. The van der Waals surface area contributed by atoms with Crippen LogP contribution in [0, 0.1) is 11.5 Å². The van der Waals surface area contributed by atoms with E-state index in [1.165, 1.54) is 22.5 Å². The highest BCUT2D eigenvalue weighted by Gasteiger charge is 2.47. The maximum Gasteiger partial charge on any atom is 0.305 e. The van der Waals surface area contributed by atoms with Crippen LogP contribution in [0.15, 0.2) is 146 Å². The number of amides is 5. The summed E-state index contributed by atoms with van der Waals surface area (Å²) < 4.78 is 17.0. The second-order valence-electron chi connectivity index (χ2n) is 19.9. The summed E-state index contributed by atoms with van der Waals surface area (Å²) in [5, 5.41) is 44.1. The normalized spacial score (nSPS) is 13.2. The van der Waals surface area contributed by atoms with E-state index in [0.29, 0.717) is 17.7 Å². The minimum Gasteiger partial charge on any atom is -0.508 e. The van der Waals surface area contributed by atoms with E-state index in [9.17, 15) is 48.9 Å². The molecule has 0 fully saturated rings. The van der Waals surface area contributed by atoms with E-state index in [-0.39, 0.29) is 69.6 Å². The number of aromatic hydroxyl groups is 1. The number of hydrogen-bond donors (Lipinski definition) is 9. The van der Waals surface area contributed by atoms with Gasteiger partial charge in [0, 0.05) is 19.4 Å². The Kier molecular flexibility index (Phi) is 25.1. The Hall–Kier alpha value is -8.19. The van der Waals surface area contributed by atoms with Crippen molar-refractivity contribution in [2.24, 2.45) is 5.73 Å². The number of carbonyl (C=O) groups excluding carboxylic acids is 5. The lowest BCUT2D eigenvalue weighted by atomic mass is 10.0. The van der Waals surface area contributed by atoms with Crippen LogP contribution in [0.25, 0.3) is 0 Å². The van der Waals surface area contributed by atoms with Crippen LogP contribution in [0.1, 0.15) is 50.3 Å². The molecule has 19 nitrogen and oxygen atoms in total. The second kappa shape index (κ2) is 32.0. The van der Waals surface area contributed by atoms with E-state index in [4.69, 9.17) is 19.9 Å². The first-order valence-corrected chi connectivity index (χ1v) is 28.2. The quantitative estimate of drug-likeness (QED) is 0.0175. The Balaban J connectivity index is 1.13. The number of carboxylic acid groups (broad SMARTS) is 2. The van der Waals surface area contributed by atoms with Crippen molar-refractivity contribution in [1.82, 2.24) is 26.6 Å². The number of carbonyl (C=O) groups is 7. The van der Waals surface area contributed by atoms with Crippen molar-refractivity contribution < 1.29 is 63.1 Å². The summed E-state index contributed by atoms with van der Waals surface area (Å²) in [5.74, 6) is -4.36. The van der Waals surface area contributed by atoms with Crippen LogP contribution in [-0.2, 0) is 67.0 Å². The topological polar surface area (TPSA) is 294 Å². The molecule has 0 aliphatic rings. The van der Waals surface area contributed by atoms with Gasteiger partial charge in [-0.05, 0) is 50.7 Å². The number of nitrogens with two attached hydrogens (primary N) is 1. The molecule has 424 valence electrons. The van der Waals surface area contributed by atoms with E-state index in [1.807, 2.05) is 42.5 Å². The lowest BCUT2D eigenvalue weighted by Crippen LogP contribution is -2.63. The van der Waals surface area contributed by atoms with Gasteiger partial charge in [0.15, 0.2) is 0 Å². The van der Waals surface area contributed by atoms with Crippen molar-refractivity contribution in [2.75, 3.05) is 46.2 Å². The van der Waals surface area contributed by atoms with Crippen molar-refractivity contribution in [2.45, 2.75) is 88.1 Å². The zero-order valence-corrected chi connectivity index (χ0v) is 46.2. The van der Waals surface area contributed by atoms with Gasteiger partial charge in [0.1, 0.15) is 36.5 Å². The summed E-state index contributed by atoms with van der Waals surface area (Å²) in [7, 11) is -2.55. The summed E-state index contributed by atoms with van der Waals surface area (Å²) >= 11 is 0. The molecule has 5 amide bonds. The molecule has 5 aromatic carbocycles. The lowest BCUT2D eigenvalue weighted by molar-refractivity contribution is -0.143. The third-order valence-corrected chi connectivity index (χ3v) is 18.1. The Morgan fingerprint density at radius 3 is 1.36 bits per heavy atom. The molecule has 5 aromatic rings. The van der Waals surface area contributed by atoms with E-state index in [0.717, 1.165) is 5.56 Å². The van der Waals surface area contributed by atoms with E-state index in [2.05, 4.69) is 83.1 Å². The second-order valence-corrected chi connectivity index (χ2v) is 24.3. The van der Waals surface area contributed by atoms with E-state index in [1.54, 1.807) is 66.7 Å². The summed E-state index contributed by atoms with van der Waals surface area (Å²) in [6.45, 7) is 7.73. The molecule has 5 rings (SSSR count). The van der Waals surface area contributed by atoms with Crippen molar-refractivity contribution >= 4 is 59.9 Å². The summed E-state index contributed by atoms with van der Waals surface area (Å²) in [4.78, 5) is 92.8. The van der Waals surface area contributed by atoms with Gasteiger partial charge >= 0.3 is 11.9 Å². The summed E-state index contributed by atoms with van der Waals surface area (Å²) in [6, 6.07) is 36.7.